The maximum atomic E-state index is 5.49. The molecule has 0 aliphatic carbocycles. The van der Waals surface area contributed by atoms with Crippen LogP contribution < -0.4 is 4.90 Å². The molecule has 0 unspecified atom stereocenters. The van der Waals surface area contributed by atoms with Crippen LogP contribution in [0.1, 0.15) is 0 Å². The topological polar surface area (TPSA) is 25.4 Å². The Hall–Kier alpha value is -2.65. The van der Waals surface area contributed by atoms with E-state index >= 15 is 0 Å². The van der Waals surface area contributed by atoms with Gasteiger partial charge in [-0.1, -0.05) is 60.7 Å². The lowest BCUT2D eigenvalue weighted by Gasteiger charge is -2.29. The van der Waals surface area contributed by atoms with Crippen LogP contribution in [0.4, 0.5) is 5.69 Å². The summed E-state index contributed by atoms with van der Waals surface area (Å²) in [6.07, 6.45) is 0. The second-order valence-electron chi connectivity index (χ2n) is 5.93. The van der Waals surface area contributed by atoms with Gasteiger partial charge in [0, 0.05) is 29.9 Å². The number of aromatic nitrogens is 1. The quantitative estimate of drug-likeness (QED) is 0.722. The highest BCUT2D eigenvalue weighted by atomic mass is 16.5. The van der Waals surface area contributed by atoms with Crippen molar-refractivity contribution in [3.05, 3.63) is 72.8 Å². The highest BCUT2D eigenvalue weighted by Gasteiger charge is 2.14. The number of hydrogen-bond donors (Lipinski definition) is 0. The summed E-state index contributed by atoms with van der Waals surface area (Å²) in [6.45, 7) is 3.41. The Labute approximate surface area is 142 Å². The van der Waals surface area contributed by atoms with E-state index in [4.69, 9.17) is 9.72 Å². The smallest absolute Gasteiger partial charge is 0.0730 e. The molecule has 24 heavy (non-hydrogen) atoms. The zero-order chi connectivity index (χ0) is 16.2. The molecule has 120 valence electrons. The molecule has 3 aromatic rings. The van der Waals surface area contributed by atoms with E-state index in [1.54, 1.807) is 0 Å². The first kappa shape index (κ1) is 14.9. The van der Waals surface area contributed by atoms with Crippen molar-refractivity contribution >= 4 is 5.69 Å². The van der Waals surface area contributed by atoms with Crippen LogP contribution in [0.3, 0.4) is 0 Å². The number of rotatable bonds is 3. The van der Waals surface area contributed by atoms with Gasteiger partial charge in [0.2, 0.25) is 0 Å². The van der Waals surface area contributed by atoms with Gasteiger partial charge in [0.25, 0.3) is 0 Å². The minimum Gasteiger partial charge on any atom is -0.378 e. The second-order valence-corrected chi connectivity index (χ2v) is 5.93. The zero-order valence-corrected chi connectivity index (χ0v) is 13.6. The predicted molar refractivity (Wildman–Crippen MR) is 98.1 cm³/mol. The first-order valence-electron chi connectivity index (χ1n) is 8.36. The molecule has 0 spiro atoms. The second kappa shape index (κ2) is 6.85. The minimum atomic E-state index is 0.781. The van der Waals surface area contributed by atoms with E-state index in [1.807, 2.05) is 12.1 Å². The largest absolute Gasteiger partial charge is 0.378 e. The third kappa shape index (κ3) is 3.17. The summed E-state index contributed by atoms with van der Waals surface area (Å²) in [5, 5.41) is 0. The maximum absolute atomic E-state index is 5.49. The average molecular weight is 316 g/mol. The van der Waals surface area contributed by atoms with Crippen molar-refractivity contribution < 1.29 is 4.74 Å². The van der Waals surface area contributed by atoms with E-state index in [0.29, 0.717) is 0 Å². The normalized spacial score (nSPS) is 14.6. The summed E-state index contributed by atoms with van der Waals surface area (Å²) in [5.41, 5.74) is 5.53. The molecule has 2 heterocycles. The van der Waals surface area contributed by atoms with Gasteiger partial charge in [-0.2, -0.15) is 0 Å². The van der Waals surface area contributed by atoms with Gasteiger partial charge >= 0.3 is 0 Å². The number of nitrogens with zero attached hydrogens (tertiary/aromatic N) is 2. The van der Waals surface area contributed by atoms with Gasteiger partial charge in [0.05, 0.1) is 24.6 Å². The van der Waals surface area contributed by atoms with Gasteiger partial charge < -0.3 is 9.64 Å². The molecular formula is C21H20N2O. The van der Waals surface area contributed by atoms with Crippen LogP contribution in [0, 0.1) is 0 Å². The minimum absolute atomic E-state index is 0.781. The Balaban J connectivity index is 1.81. The summed E-state index contributed by atoms with van der Waals surface area (Å²) < 4.78 is 5.49. The molecule has 3 nitrogen and oxygen atoms in total. The van der Waals surface area contributed by atoms with E-state index in [0.717, 1.165) is 48.8 Å². The lowest BCUT2D eigenvalue weighted by Crippen LogP contribution is -2.36. The van der Waals surface area contributed by atoms with E-state index in [1.165, 1.54) is 5.69 Å². The van der Waals surface area contributed by atoms with E-state index in [-0.39, 0.29) is 0 Å². The summed E-state index contributed by atoms with van der Waals surface area (Å²) >= 11 is 0. The molecule has 0 atom stereocenters. The molecular weight excluding hydrogens is 296 g/mol. The fraction of sp³-hybridized carbons (Fsp3) is 0.190. The molecule has 2 aromatic carbocycles. The van der Waals surface area contributed by atoms with Crippen LogP contribution in [-0.4, -0.2) is 31.3 Å². The molecule has 3 heteroatoms. The maximum Gasteiger partial charge on any atom is 0.0730 e. The molecule has 0 bridgehead atoms. The highest BCUT2D eigenvalue weighted by Crippen LogP contribution is 2.29. The van der Waals surface area contributed by atoms with Gasteiger partial charge in [-0.15, -0.1) is 0 Å². The summed E-state index contributed by atoms with van der Waals surface area (Å²) in [4.78, 5) is 7.29. The van der Waals surface area contributed by atoms with Crippen molar-refractivity contribution in [2.24, 2.45) is 0 Å². The molecule has 1 aromatic heterocycles. The van der Waals surface area contributed by atoms with E-state index in [9.17, 15) is 0 Å². The molecule has 1 aliphatic rings. The van der Waals surface area contributed by atoms with Crippen LogP contribution in [0.25, 0.3) is 22.5 Å². The number of ether oxygens (including phenoxy) is 1. The number of morpholine rings is 1. The van der Waals surface area contributed by atoms with Crippen LogP contribution in [0.2, 0.25) is 0 Å². The number of hydrogen-bond acceptors (Lipinski definition) is 3. The third-order valence-corrected chi connectivity index (χ3v) is 4.33. The van der Waals surface area contributed by atoms with Crippen molar-refractivity contribution in [3.63, 3.8) is 0 Å². The van der Waals surface area contributed by atoms with Crippen LogP contribution in [0.15, 0.2) is 72.8 Å². The molecule has 4 rings (SSSR count). The van der Waals surface area contributed by atoms with Gasteiger partial charge in [-0.3, -0.25) is 0 Å². The molecule has 1 fully saturated rings. The van der Waals surface area contributed by atoms with Crippen LogP contribution in [-0.2, 0) is 4.74 Å². The molecule has 1 aliphatic heterocycles. The van der Waals surface area contributed by atoms with Gasteiger partial charge in [0.1, 0.15) is 0 Å². The number of pyridine rings is 1. The van der Waals surface area contributed by atoms with Crippen molar-refractivity contribution in [1.29, 1.82) is 0 Å². The van der Waals surface area contributed by atoms with Gasteiger partial charge in [-0.05, 0) is 12.1 Å². The third-order valence-electron chi connectivity index (χ3n) is 4.33. The van der Waals surface area contributed by atoms with Crippen molar-refractivity contribution in [1.82, 2.24) is 4.98 Å². The molecule has 0 amide bonds. The van der Waals surface area contributed by atoms with Gasteiger partial charge in [0.15, 0.2) is 0 Å². The van der Waals surface area contributed by atoms with Gasteiger partial charge in [-0.25, -0.2) is 4.98 Å². The van der Waals surface area contributed by atoms with Crippen molar-refractivity contribution in [2.75, 3.05) is 31.2 Å². The monoisotopic (exact) mass is 316 g/mol. The highest BCUT2D eigenvalue weighted by molar-refractivity contribution is 5.72. The Morgan fingerprint density at radius 2 is 1.21 bits per heavy atom. The van der Waals surface area contributed by atoms with Crippen LogP contribution >= 0.6 is 0 Å². The molecule has 0 N–H and O–H groups in total. The predicted octanol–water partition coefficient (Wildman–Crippen LogP) is 4.25. The average Bonchev–Trinajstić information content (AvgIpc) is 2.70. The number of benzene rings is 2. The fourth-order valence-corrected chi connectivity index (χ4v) is 3.03. The lowest BCUT2D eigenvalue weighted by atomic mass is 10.1. The summed E-state index contributed by atoms with van der Waals surface area (Å²) in [7, 11) is 0. The Bertz CT molecular complexity index is 739. The van der Waals surface area contributed by atoms with Crippen molar-refractivity contribution in [3.8, 4) is 22.5 Å². The number of anilines is 1. The summed E-state index contributed by atoms with van der Waals surface area (Å²) in [6, 6.07) is 25.1. The Morgan fingerprint density at radius 1 is 0.708 bits per heavy atom. The standard InChI is InChI=1S/C21H20N2O/c1-3-7-17(8-4-1)20-15-19(23-11-13-24-14-12-23)16-21(22-20)18-9-5-2-6-10-18/h1-10,15-16H,11-14H2. The Morgan fingerprint density at radius 3 is 1.71 bits per heavy atom. The lowest BCUT2D eigenvalue weighted by molar-refractivity contribution is 0.122. The first-order chi connectivity index (χ1) is 11.9. The zero-order valence-electron chi connectivity index (χ0n) is 13.6. The van der Waals surface area contributed by atoms with Crippen molar-refractivity contribution in [2.45, 2.75) is 0 Å². The Kier molecular flexibility index (Phi) is 4.26. The molecule has 0 radical (unpaired) electrons. The molecule has 0 saturated carbocycles. The van der Waals surface area contributed by atoms with Crippen LogP contribution in [0.5, 0.6) is 0 Å². The first-order valence-corrected chi connectivity index (χ1v) is 8.36. The summed E-state index contributed by atoms with van der Waals surface area (Å²) in [5.74, 6) is 0. The fourth-order valence-electron chi connectivity index (χ4n) is 3.03. The SMILES string of the molecule is c1ccc(-c2cc(N3CCOCC3)cc(-c3ccccc3)n2)cc1. The molecule has 1 saturated heterocycles. The van der Waals surface area contributed by atoms with E-state index < -0.39 is 0 Å². The van der Waals surface area contributed by atoms with E-state index in [2.05, 4.69) is 65.6 Å².